The average Bonchev–Trinajstić information content (AvgIpc) is 2.93. The van der Waals surface area contributed by atoms with Crippen LogP contribution in [0.1, 0.15) is 11.3 Å². The highest BCUT2D eigenvalue weighted by atomic mass is 32.1. The fourth-order valence-electron chi connectivity index (χ4n) is 1.71. The molecule has 0 saturated carbocycles. The summed E-state index contributed by atoms with van der Waals surface area (Å²) >= 11 is 4.80. The summed E-state index contributed by atoms with van der Waals surface area (Å²) in [4.78, 5) is 8.34. The lowest BCUT2D eigenvalue weighted by Gasteiger charge is -2.06. The van der Waals surface area contributed by atoms with Crippen LogP contribution in [0, 0.1) is 0 Å². The van der Waals surface area contributed by atoms with E-state index in [0.29, 0.717) is 18.2 Å². The predicted octanol–water partition coefficient (Wildman–Crippen LogP) is 1.42. The van der Waals surface area contributed by atoms with Gasteiger partial charge in [-0.25, -0.2) is 9.97 Å². The van der Waals surface area contributed by atoms with Gasteiger partial charge in [0.25, 0.3) is 0 Å². The third-order valence-electron chi connectivity index (χ3n) is 2.70. The maximum absolute atomic E-state index is 5.53. The first-order valence-corrected chi connectivity index (χ1v) is 6.26. The Morgan fingerprint density at radius 2 is 2.10 bits per heavy atom. The molecular formula is C13H11N3O3S. The highest BCUT2D eigenvalue weighted by molar-refractivity contribution is 7.80. The van der Waals surface area contributed by atoms with Gasteiger partial charge in [-0.05, 0) is 17.7 Å². The van der Waals surface area contributed by atoms with Crippen LogP contribution in [0.25, 0.3) is 0 Å². The summed E-state index contributed by atoms with van der Waals surface area (Å²) in [7, 11) is 0. The number of benzene rings is 1. The maximum Gasteiger partial charge on any atom is 0.232 e. The highest BCUT2D eigenvalue weighted by Gasteiger charge is 2.13. The largest absolute Gasteiger partial charge is 0.472 e. The van der Waals surface area contributed by atoms with E-state index in [9.17, 15) is 0 Å². The van der Waals surface area contributed by atoms with Crippen LogP contribution in [0.2, 0.25) is 0 Å². The first-order chi connectivity index (χ1) is 9.72. The number of thiocarbonyl (C=S) groups is 1. The van der Waals surface area contributed by atoms with Crippen molar-refractivity contribution < 1.29 is 14.2 Å². The van der Waals surface area contributed by atoms with Gasteiger partial charge in [-0.3, -0.25) is 0 Å². The monoisotopic (exact) mass is 289 g/mol. The molecule has 1 aliphatic heterocycles. The molecule has 0 spiro atoms. The molecule has 7 heteroatoms. The van der Waals surface area contributed by atoms with E-state index in [1.54, 1.807) is 0 Å². The Morgan fingerprint density at radius 1 is 1.25 bits per heavy atom. The van der Waals surface area contributed by atoms with Gasteiger partial charge in [0, 0.05) is 0 Å². The van der Waals surface area contributed by atoms with Crippen LogP contribution in [0.4, 0.5) is 0 Å². The van der Waals surface area contributed by atoms with E-state index >= 15 is 0 Å². The first kappa shape index (κ1) is 12.6. The van der Waals surface area contributed by atoms with Crippen molar-refractivity contribution in [1.29, 1.82) is 0 Å². The lowest BCUT2D eigenvalue weighted by molar-refractivity contribution is 0.174. The molecule has 0 aliphatic carbocycles. The Balaban J connectivity index is 1.65. The fourth-order valence-corrected chi connectivity index (χ4v) is 1.81. The smallest absolute Gasteiger partial charge is 0.232 e. The van der Waals surface area contributed by atoms with Crippen molar-refractivity contribution in [2.45, 2.75) is 6.61 Å². The summed E-state index contributed by atoms with van der Waals surface area (Å²) in [5, 5.41) is 0. The van der Waals surface area contributed by atoms with E-state index in [1.807, 2.05) is 18.2 Å². The van der Waals surface area contributed by atoms with Crippen molar-refractivity contribution in [3.63, 3.8) is 0 Å². The molecule has 0 fully saturated rings. The lowest BCUT2D eigenvalue weighted by atomic mass is 10.2. The van der Waals surface area contributed by atoms with E-state index in [-0.39, 0.29) is 11.8 Å². The molecule has 2 N–H and O–H groups in total. The van der Waals surface area contributed by atoms with Crippen LogP contribution in [0.5, 0.6) is 17.4 Å². The molecule has 0 bridgehead atoms. The molecule has 0 atom stereocenters. The molecule has 102 valence electrons. The molecule has 6 nitrogen and oxygen atoms in total. The summed E-state index contributed by atoms with van der Waals surface area (Å²) in [6, 6.07) is 5.63. The number of fused-ring (bicyclic) bond motifs is 1. The van der Waals surface area contributed by atoms with Crippen LogP contribution < -0.4 is 19.9 Å². The van der Waals surface area contributed by atoms with Crippen LogP contribution in [0.3, 0.4) is 0 Å². The summed E-state index contributed by atoms with van der Waals surface area (Å²) in [5.74, 6) is 1.87. The van der Waals surface area contributed by atoms with Crippen LogP contribution in [0.15, 0.2) is 30.6 Å². The number of hydrogen-bond acceptors (Lipinski definition) is 6. The zero-order chi connectivity index (χ0) is 13.9. The summed E-state index contributed by atoms with van der Waals surface area (Å²) in [5.41, 5.74) is 6.86. The average molecular weight is 289 g/mol. The minimum atomic E-state index is 0.208. The van der Waals surface area contributed by atoms with E-state index in [0.717, 1.165) is 17.1 Å². The molecule has 2 heterocycles. The number of rotatable bonds is 4. The standard InChI is InChI=1S/C13H11N3O3S/c14-13(20)9-4-16-12(5-15-9)17-6-8-1-2-10-11(3-8)19-7-18-10/h1-5H,6-7H2,(H2,14,20). The van der Waals surface area contributed by atoms with Crippen molar-refractivity contribution in [3.8, 4) is 17.4 Å². The SMILES string of the molecule is NC(=S)c1cnc(OCc2ccc3c(c2)OCO3)cn1. The second-order valence-corrected chi connectivity index (χ2v) is 4.52. The van der Waals surface area contributed by atoms with Crippen molar-refractivity contribution in [1.82, 2.24) is 9.97 Å². The first-order valence-electron chi connectivity index (χ1n) is 5.85. The number of nitrogens with two attached hydrogens (primary N) is 1. The molecule has 3 rings (SSSR count). The van der Waals surface area contributed by atoms with Crippen molar-refractivity contribution in [3.05, 3.63) is 41.9 Å². The van der Waals surface area contributed by atoms with Crippen LogP contribution in [-0.2, 0) is 6.61 Å². The fraction of sp³-hybridized carbons (Fsp3) is 0.154. The van der Waals surface area contributed by atoms with Gasteiger partial charge in [0.15, 0.2) is 11.5 Å². The highest BCUT2D eigenvalue weighted by Crippen LogP contribution is 2.32. The van der Waals surface area contributed by atoms with Gasteiger partial charge < -0.3 is 19.9 Å². The number of hydrogen-bond donors (Lipinski definition) is 1. The van der Waals surface area contributed by atoms with Crippen LogP contribution in [-0.4, -0.2) is 21.7 Å². The Labute approximate surface area is 120 Å². The lowest BCUT2D eigenvalue weighted by Crippen LogP contribution is -2.12. The quantitative estimate of drug-likeness (QED) is 0.852. The minimum Gasteiger partial charge on any atom is -0.472 e. The van der Waals surface area contributed by atoms with Gasteiger partial charge >= 0.3 is 0 Å². The van der Waals surface area contributed by atoms with E-state index in [2.05, 4.69) is 9.97 Å². The van der Waals surface area contributed by atoms with Gasteiger partial charge in [-0.2, -0.15) is 0 Å². The van der Waals surface area contributed by atoms with E-state index in [4.69, 9.17) is 32.2 Å². The normalized spacial score (nSPS) is 12.2. The van der Waals surface area contributed by atoms with Gasteiger partial charge in [-0.1, -0.05) is 18.3 Å². The maximum atomic E-state index is 5.53. The summed E-state index contributed by atoms with van der Waals surface area (Å²) < 4.78 is 16.1. The van der Waals surface area contributed by atoms with Crippen LogP contribution >= 0.6 is 12.2 Å². The van der Waals surface area contributed by atoms with Gasteiger partial charge in [-0.15, -0.1) is 0 Å². The van der Waals surface area contributed by atoms with Gasteiger partial charge in [0.2, 0.25) is 12.7 Å². The van der Waals surface area contributed by atoms with Gasteiger partial charge in [0.05, 0.1) is 12.4 Å². The topological polar surface area (TPSA) is 79.5 Å². The number of ether oxygens (including phenoxy) is 3. The molecule has 1 aromatic carbocycles. The Bertz CT molecular complexity index is 646. The van der Waals surface area contributed by atoms with Gasteiger partial charge in [0.1, 0.15) is 17.3 Å². The molecule has 0 unspecified atom stereocenters. The van der Waals surface area contributed by atoms with E-state index in [1.165, 1.54) is 12.4 Å². The molecule has 20 heavy (non-hydrogen) atoms. The molecule has 0 saturated heterocycles. The second-order valence-electron chi connectivity index (χ2n) is 4.08. The Kier molecular flexibility index (Phi) is 3.34. The van der Waals surface area contributed by atoms with E-state index < -0.39 is 0 Å². The molecule has 1 aliphatic rings. The van der Waals surface area contributed by atoms with Crippen molar-refractivity contribution >= 4 is 17.2 Å². The third kappa shape index (κ3) is 2.62. The predicted molar refractivity (Wildman–Crippen MR) is 74.8 cm³/mol. The minimum absolute atomic E-state index is 0.208. The van der Waals surface area contributed by atoms with Crippen molar-refractivity contribution in [2.75, 3.05) is 6.79 Å². The molecule has 0 radical (unpaired) electrons. The van der Waals surface area contributed by atoms with Crippen molar-refractivity contribution in [2.24, 2.45) is 5.73 Å². The third-order valence-corrected chi connectivity index (χ3v) is 2.91. The zero-order valence-corrected chi connectivity index (χ0v) is 11.2. The molecule has 1 aromatic heterocycles. The number of aromatic nitrogens is 2. The molecule has 2 aromatic rings. The Morgan fingerprint density at radius 3 is 2.85 bits per heavy atom. The zero-order valence-electron chi connectivity index (χ0n) is 10.4. The molecule has 0 amide bonds. The number of nitrogens with zero attached hydrogens (tertiary/aromatic N) is 2. The summed E-state index contributed by atoms with van der Waals surface area (Å²) in [6.07, 6.45) is 2.97. The second kappa shape index (κ2) is 5.30. The Hall–Kier alpha value is -2.41. The summed E-state index contributed by atoms with van der Waals surface area (Å²) in [6.45, 7) is 0.614. The molecular weight excluding hydrogens is 278 g/mol.